The predicted molar refractivity (Wildman–Crippen MR) is 297 cm³/mol. The Morgan fingerprint density at radius 3 is 0.942 bits per heavy atom. The van der Waals surface area contributed by atoms with Crippen LogP contribution in [0.5, 0.6) is 0 Å². The topological polar surface area (TPSA) is 78.9 Å². The molecule has 0 aliphatic heterocycles. The highest BCUT2D eigenvalue weighted by Crippen LogP contribution is 2.16. The maximum absolute atomic E-state index is 12.8. The summed E-state index contributed by atoms with van der Waals surface area (Å²) in [5.74, 6) is -0.934. The normalized spacial score (nSPS) is 12.7. The number of hydrogen-bond donors (Lipinski definition) is 0. The molecule has 0 aliphatic carbocycles. The molecule has 0 saturated heterocycles. The van der Waals surface area contributed by atoms with E-state index in [0.29, 0.717) is 19.3 Å². The van der Waals surface area contributed by atoms with Crippen LogP contribution in [0.25, 0.3) is 0 Å². The van der Waals surface area contributed by atoms with Gasteiger partial charge in [-0.05, 0) is 64.2 Å². The largest absolute Gasteiger partial charge is 0.462 e. The molecule has 0 heterocycles. The molecule has 0 saturated carbocycles. The molecule has 0 rings (SSSR count). The van der Waals surface area contributed by atoms with Crippen molar-refractivity contribution in [3.05, 3.63) is 85.1 Å². The molecule has 0 radical (unpaired) electrons. The van der Waals surface area contributed by atoms with Crippen molar-refractivity contribution in [3.63, 3.8) is 0 Å². The van der Waals surface area contributed by atoms with Gasteiger partial charge in [0.2, 0.25) is 0 Å². The lowest BCUT2D eigenvalue weighted by molar-refractivity contribution is -0.167. The van der Waals surface area contributed by atoms with E-state index in [2.05, 4.69) is 45.1 Å². The number of ether oxygens (including phenoxy) is 3. The molecule has 6 nitrogen and oxygen atoms in total. The molecule has 6 heteroatoms. The molecule has 1 atom stereocenters. The number of rotatable bonds is 52. The molecule has 0 bridgehead atoms. The molecule has 0 aromatic carbocycles. The smallest absolute Gasteiger partial charge is 0.306 e. The summed E-state index contributed by atoms with van der Waals surface area (Å²) < 4.78 is 16.8. The van der Waals surface area contributed by atoms with Crippen LogP contribution in [0.3, 0.4) is 0 Å². The van der Waals surface area contributed by atoms with Crippen LogP contribution in [0.1, 0.15) is 278 Å². The fourth-order valence-corrected chi connectivity index (χ4v) is 8.18. The van der Waals surface area contributed by atoms with Crippen LogP contribution in [-0.4, -0.2) is 37.2 Å². The van der Waals surface area contributed by atoms with Crippen molar-refractivity contribution < 1.29 is 28.6 Å². The van der Waals surface area contributed by atoms with Crippen LogP contribution in [-0.2, 0) is 28.6 Å². The molecule has 0 aromatic rings. The Morgan fingerprint density at radius 1 is 0.304 bits per heavy atom. The zero-order valence-electron chi connectivity index (χ0n) is 45.3. The second kappa shape index (κ2) is 57.2. The summed E-state index contributed by atoms with van der Waals surface area (Å²) in [4.78, 5) is 38.2. The van der Waals surface area contributed by atoms with Crippen molar-refractivity contribution in [2.75, 3.05) is 13.2 Å². The maximum Gasteiger partial charge on any atom is 0.306 e. The molecule has 396 valence electrons. The van der Waals surface area contributed by atoms with Crippen molar-refractivity contribution in [1.82, 2.24) is 0 Å². The molecule has 69 heavy (non-hydrogen) atoms. The molecule has 0 spiro atoms. The average molecular weight is 962 g/mol. The first-order chi connectivity index (χ1) is 34.0. The van der Waals surface area contributed by atoms with E-state index >= 15 is 0 Å². The minimum atomic E-state index is -0.801. The van der Waals surface area contributed by atoms with Crippen molar-refractivity contribution in [3.8, 4) is 0 Å². The number of unbranched alkanes of at least 4 members (excludes halogenated alkanes) is 32. The summed E-state index contributed by atoms with van der Waals surface area (Å²) in [6.07, 6.45) is 74.3. The first-order valence-corrected chi connectivity index (χ1v) is 29.2. The number of hydrogen-bond acceptors (Lipinski definition) is 6. The number of carbonyl (C=O) groups excluding carboxylic acids is 3. The lowest BCUT2D eigenvalue weighted by atomic mass is 10.0. The van der Waals surface area contributed by atoms with E-state index in [1.165, 1.54) is 167 Å². The van der Waals surface area contributed by atoms with E-state index in [1.807, 2.05) is 60.8 Å². The van der Waals surface area contributed by atoms with Crippen LogP contribution < -0.4 is 0 Å². The minimum absolute atomic E-state index is 0.0941. The second-order valence-corrected chi connectivity index (χ2v) is 19.3. The van der Waals surface area contributed by atoms with Gasteiger partial charge in [-0.1, -0.05) is 279 Å². The highest BCUT2D eigenvalue weighted by atomic mass is 16.6. The van der Waals surface area contributed by atoms with Gasteiger partial charge in [-0.25, -0.2) is 0 Å². The van der Waals surface area contributed by atoms with Gasteiger partial charge in [0.05, 0.1) is 0 Å². The summed E-state index contributed by atoms with van der Waals surface area (Å²) in [7, 11) is 0. The molecule has 0 aliphatic rings. The highest BCUT2D eigenvalue weighted by Gasteiger charge is 2.19. The first kappa shape index (κ1) is 65.6. The standard InChI is InChI=1S/C63H108O6/c1-4-7-10-13-16-19-22-25-28-30-31-33-35-38-41-44-47-50-53-56-62(65)68-59-60(58-67-61(64)55-52-49-46-43-40-37-34-27-24-21-18-15-12-9-6-3)69-63(66)57-54-51-48-45-42-39-36-32-29-26-23-20-17-14-11-8-5-2/h8,11,14,17,20,23,26,29-32,36,39,42,60H,4-7,9-10,12-13,15-16,18-19,21-22,24-25,27-28,33-35,37-38,40-41,43-59H2,1-3H3/b11-8-,17-14-,23-20-,29-26-,31-30-,36-32+,42-39-. The fourth-order valence-electron chi connectivity index (χ4n) is 8.18. The predicted octanol–water partition coefficient (Wildman–Crippen LogP) is 19.5. The Hall–Kier alpha value is -3.41. The molecule has 0 N–H and O–H groups in total. The zero-order valence-corrected chi connectivity index (χ0v) is 45.3. The van der Waals surface area contributed by atoms with Crippen LogP contribution in [0.15, 0.2) is 85.1 Å². The molecule has 0 fully saturated rings. The first-order valence-electron chi connectivity index (χ1n) is 29.2. The number of allylic oxidation sites excluding steroid dienone is 14. The Labute approximate surface area is 426 Å². The van der Waals surface area contributed by atoms with E-state index < -0.39 is 6.10 Å². The van der Waals surface area contributed by atoms with Gasteiger partial charge in [0, 0.05) is 19.3 Å². The Kier molecular flexibility index (Phi) is 54.3. The molecule has 1 unspecified atom stereocenters. The third-order valence-corrected chi connectivity index (χ3v) is 12.5. The summed E-state index contributed by atoms with van der Waals surface area (Å²) in [5, 5.41) is 0. The van der Waals surface area contributed by atoms with Gasteiger partial charge < -0.3 is 14.2 Å². The van der Waals surface area contributed by atoms with E-state index in [-0.39, 0.29) is 37.5 Å². The van der Waals surface area contributed by atoms with Gasteiger partial charge in [0.15, 0.2) is 6.10 Å². The van der Waals surface area contributed by atoms with E-state index in [0.717, 1.165) is 64.2 Å². The number of carbonyl (C=O) groups is 3. The molecular formula is C63H108O6. The number of esters is 3. The lowest BCUT2D eigenvalue weighted by Crippen LogP contribution is -2.30. The van der Waals surface area contributed by atoms with Crippen molar-refractivity contribution in [2.24, 2.45) is 0 Å². The molecule has 0 aromatic heterocycles. The van der Waals surface area contributed by atoms with E-state index in [9.17, 15) is 14.4 Å². The van der Waals surface area contributed by atoms with Crippen LogP contribution in [0.2, 0.25) is 0 Å². The zero-order chi connectivity index (χ0) is 50.0. The summed E-state index contributed by atoms with van der Waals surface area (Å²) in [6, 6.07) is 0. The van der Waals surface area contributed by atoms with Crippen molar-refractivity contribution in [1.29, 1.82) is 0 Å². The van der Waals surface area contributed by atoms with Gasteiger partial charge >= 0.3 is 17.9 Å². The van der Waals surface area contributed by atoms with Gasteiger partial charge in [-0.2, -0.15) is 0 Å². The molecular weight excluding hydrogens is 853 g/mol. The quantitative estimate of drug-likeness (QED) is 0.0199. The van der Waals surface area contributed by atoms with E-state index in [1.54, 1.807) is 0 Å². The van der Waals surface area contributed by atoms with Gasteiger partial charge in [-0.15, -0.1) is 0 Å². The second-order valence-electron chi connectivity index (χ2n) is 19.3. The van der Waals surface area contributed by atoms with Crippen LogP contribution >= 0.6 is 0 Å². The molecule has 0 amide bonds. The maximum atomic E-state index is 12.8. The van der Waals surface area contributed by atoms with Gasteiger partial charge in [0.25, 0.3) is 0 Å². The monoisotopic (exact) mass is 961 g/mol. The van der Waals surface area contributed by atoms with E-state index in [4.69, 9.17) is 14.2 Å². The van der Waals surface area contributed by atoms with Gasteiger partial charge in [0.1, 0.15) is 13.2 Å². The summed E-state index contributed by atoms with van der Waals surface area (Å²) in [5.41, 5.74) is 0. The van der Waals surface area contributed by atoms with Gasteiger partial charge in [-0.3, -0.25) is 14.4 Å². The van der Waals surface area contributed by atoms with Crippen LogP contribution in [0.4, 0.5) is 0 Å². The fraction of sp³-hybridized carbons (Fsp3) is 0.730. The Balaban J connectivity index is 4.45. The Morgan fingerprint density at radius 2 is 0.580 bits per heavy atom. The minimum Gasteiger partial charge on any atom is -0.462 e. The third-order valence-electron chi connectivity index (χ3n) is 12.5. The van der Waals surface area contributed by atoms with Crippen LogP contribution in [0, 0.1) is 0 Å². The Bertz CT molecular complexity index is 1330. The lowest BCUT2D eigenvalue weighted by Gasteiger charge is -2.18. The highest BCUT2D eigenvalue weighted by molar-refractivity contribution is 5.71. The summed E-state index contributed by atoms with van der Waals surface area (Å²) in [6.45, 7) is 6.48. The third kappa shape index (κ3) is 55.4. The average Bonchev–Trinajstić information content (AvgIpc) is 3.35. The summed E-state index contributed by atoms with van der Waals surface area (Å²) >= 11 is 0. The SMILES string of the molecule is CC\C=C/C=C\C=C/C=C\C=C\C=C/CCCCCC(=O)OC(COC(=O)CCCCCCCCC/C=C\CCCCCCCCCC)COC(=O)CCCCCCCCCCCCCCCCC. The van der Waals surface area contributed by atoms with Crippen molar-refractivity contribution in [2.45, 2.75) is 284 Å². The van der Waals surface area contributed by atoms with Crippen molar-refractivity contribution >= 4 is 17.9 Å².